The number of rotatable bonds is 4. The van der Waals surface area contributed by atoms with Crippen LogP contribution in [0.2, 0.25) is 0 Å². The van der Waals surface area contributed by atoms with Gasteiger partial charge in [0, 0.05) is 17.0 Å². The van der Waals surface area contributed by atoms with Gasteiger partial charge < -0.3 is 0 Å². The number of nitro groups is 1. The molecule has 16 heavy (non-hydrogen) atoms. The van der Waals surface area contributed by atoms with E-state index in [0.717, 1.165) is 16.5 Å². The summed E-state index contributed by atoms with van der Waals surface area (Å²) >= 11 is 3.44. The van der Waals surface area contributed by atoms with E-state index in [0.29, 0.717) is 6.42 Å². The van der Waals surface area contributed by atoms with Crippen LogP contribution in [-0.2, 0) is 6.42 Å². The fourth-order valence-corrected chi connectivity index (χ4v) is 1.81. The van der Waals surface area contributed by atoms with Crippen molar-refractivity contribution in [3.05, 3.63) is 39.4 Å². The first-order valence-corrected chi connectivity index (χ1v) is 6.28. The third-order valence-electron chi connectivity index (χ3n) is 2.60. The van der Waals surface area contributed by atoms with Crippen LogP contribution in [0.1, 0.15) is 25.0 Å². The fraction of sp³-hybridized carbons (Fsp3) is 0.500. The van der Waals surface area contributed by atoms with Crippen LogP contribution in [0.5, 0.6) is 0 Å². The monoisotopic (exact) mass is 285 g/mol. The highest BCUT2D eigenvalue weighted by Crippen LogP contribution is 2.31. The van der Waals surface area contributed by atoms with Crippen molar-refractivity contribution >= 4 is 21.6 Å². The number of halogens is 1. The van der Waals surface area contributed by atoms with Crippen molar-refractivity contribution in [2.24, 2.45) is 5.41 Å². The first kappa shape index (κ1) is 13.2. The second-order valence-corrected chi connectivity index (χ2v) is 5.37. The van der Waals surface area contributed by atoms with Crippen molar-refractivity contribution in [3.63, 3.8) is 0 Å². The summed E-state index contributed by atoms with van der Waals surface area (Å²) < 4.78 is 0. The second-order valence-electron chi connectivity index (χ2n) is 4.80. The van der Waals surface area contributed by atoms with E-state index in [1.165, 1.54) is 0 Å². The number of nitrogens with zero attached hydrogens (tertiary/aromatic N) is 1. The molecule has 1 aromatic carbocycles. The van der Waals surface area contributed by atoms with E-state index < -0.39 is 0 Å². The Morgan fingerprint density at radius 2 is 2.06 bits per heavy atom. The summed E-state index contributed by atoms with van der Waals surface area (Å²) in [5.41, 5.74) is 2.09. The van der Waals surface area contributed by atoms with Crippen molar-refractivity contribution in [1.29, 1.82) is 0 Å². The lowest BCUT2D eigenvalue weighted by Gasteiger charge is -2.22. The van der Waals surface area contributed by atoms with Gasteiger partial charge in [0.1, 0.15) is 0 Å². The molecular formula is C12H16BrNO2. The smallest absolute Gasteiger partial charge is 0.258 e. The van der Waals surface area contributed by atoms with Crippen LogP contribution in [0, 0.1) is 22.5 Å². The van der Waals surface area contributed by atoms with Crippen LogP contribution in [0.15, 0.2) is 18.2 Å². The van der Waals surface area contributed by atoms with Crippen LogP contribution in [0.25, 0.3) is 0 Å². The van der Waals surface area contributed by atoms with E-state index in [9.17, 15) is 10.1 Å². The normalized spacial score (nSPS) is 11.5. The number of benzene rings is 1. The molecule has 0 aliphatic rings. The topological polar surface area (TPSA) is 43.1 Å². The molecule has 0 aliphatic carbocycles. The molecule has 0 bridgehead atoms. The molecule has 0 N–H and O–H groups in total. The third kappa shape index (κ3) is 3.04. The van der Waals surface area contributed by atoms with Gasteiger partial charge in [-0.05, 0) is 24.3 Å². The Kier molecular flexibility index (Phi) is 4.08. The Balaban J connectivity index is 3.16. The molecule has 0 spiro atoms. The summed E-state index contributed by atoms with van der Waals surface area (Å²) in [4.78, 5) is 10.6. The first-order chi connectivity index (χ1) is 7.37. The standard InChI is InChI=1S/C12H16BrNO2/c1-9-5-4-6-11(14(15)16)10(9)7-12(2,3)8-13/h4-6H,7-8H2,1-3H3. The molecular weight excluding hydrogens is 270 g/mol. The minimum atomic E-state index is -0.299. The molecule has 0 saturated carbocycles. The van der Waals surface area contributed by atoms with Crippen molar-refractivity contribution in [2.45, 2.75) is 27.2 Å². The molecule has 0 radical (unpaired) electrons. The summed E-state index contributed by atoms with van der Waals surface area (Å²) in [5, 5.41) is 11.8. The summed E-state index contributed by atoms with van der Waals surface area (Å²) in [6.45, 7) is 6.11. The van der Waals surface area contributed by atoms with E-state index in [1.807, 2.05) is 13.0 Å². The van der Waals surface area contributed by atoms with E-state index in [2.05, 4.69) is 29.8 Å². The summed E-state index contributed by atoms with van der Waals surface area (Å²) in [6, 6.07) is 5.23. The molecule has 0 aromatic heterocycles. The Labute approximate surface area is 104 Å². The molecule has 4 heteroatoms. The lowest BCUT2D eigenvalue weighted by molar-refractivity contribution is -0.385. The van der Waals surface area contributed by atoms with E-state index in [4.69, 9.17) is 0 Å². The molecule has 88 valence electrons. The molecule has 1 rings (SSSR count). The van der Waals surface area contributed by atoms with Crippen molar-refractivity contribution in [2.75, 3.05) is 5.33 Å². The zero-order valence-electron chi connectivity index (χ0n) is 9.79. The van der Waals surface area contributed by atoms with Gasteiger partial charge in [0.2, 0.25) is 0 Å². The molecule has 0 amide bonds. The minimum absolute atomic E-state index is 0.0247. The number of alkyl halides is 1. The Morgan fingerprint density at radius 1 is 1.44 bits per heavy atom. The predicted molar refractivity (Wildman–Crippen MR) is 69.1 cm³/mol. The van der Waals surface area contributed by atoms with Crippen LogP contribution < -0.4 is 0 Å². The van der Waals surface area contributed by atoms with E-state index in [1.54, 1.807) is 12.1 Å². The minimum Gasteiger partial charge on any atom is -0.258 e. The molecule has 0 atom stereocenters. The number of nitro benzene ring substituents is 1. The van der Waals surface area contributed by atoms with Gasteiger partial charge in [0.15, 0.2) is 0 Å². The van der Waals surface area contributed by atoms with Gasteiger partial charge in [-0.3, -0.25) is 10.1 Å². The molecule has 0 heterocycles. The highest BCUT2D eigenvalue weighted by Gasteiger charge is 2.23. The zero-order chi connectivity index (χ0) is 12.3. The van der Waals surface area contributed by atoms with Gasteiger partial charge in [-0.25, -0.2) is 0 Å². The number of hydrogen-bond donors (Lipinski definition) is 0. The Bertz CT molecular complexity index is 402. The van der Waals surface area contributed by atoms with Crippen LogP contribution in [0.4, 0.5) is 5.69 Å². The van der Waals surface area contributed by atoms with Gasteiger partial charge in [0.25, 0.3) is 5.69 Å². The largest absolute Gasteiger partial charge is 0.272 e. The molecule has 3 nitrogen and oxygen atoms in total. The maximum absolute atomic E-state index is 10.9. The highest BCUT2D eigenvalue weighted by atomic mass is 79.9. The Hall–Kier alpha value is -0.900. The van der Waals surface area contributed by atoms with Crippen molar-refractivity contribution in [1.82, 2.24) is 0 Å². The van der Waals surface area contributed by atoms with Gasteiger partial charge in [0.05, 0.1) is 4.92 Å². The summed E-state index contributed by atoms with van der Waals surface area (Å²) in [5.74, 6) is 0. The lowest BCUT2D eigenvalue weighted by Crippen LogP contribution is -2.18. The van der Waals surface area contributed by atoms with Crippen molar-refractivity contribution in [3.8, 4) is 0 Å². The SMILES string of the molecule is Cc1cccc([N+](=O)[O-])c1CC(C)(C)CBr. The molecule has 0 fully saturated rings. The quantitative estimate of drug-likeness (QED) is 0.479. The molecule has 1 aromatic rings. The van der Waals surface area contributed by atoms with Crippen LogP contribution in [-0.4, -0.2) is 10.3 Å². The molecule has 0 unspecified atom stereocenters. The fourth-order valence-electron chi connectivity index (χ4n) is 1.61. The predicted octanol–water partition coefficient (Wildman–Crippen LogP) is 3.87. The van der Waals surface area contributed by atoms with E-state index >= 15 is 0 Å². The van der Waals surface area contributed by atoms with Gasteiger partial charge in [-0.15, -0.1) is 0 Å². The van der Waals surface area contributed by atoms with Gasteiger partial charge in [-0.2, -0.15) is 0 Å². The Morgan fingerprint density at radius 3 is 2.56 bits per heavy atom. The second kappa shape index (κ2) is 4.95. The van der Waals surface area contributed by atoms with Gasteiger partial charge >= 0.3 is 0 Å². The molecule has 0 aliphatic heterocycles. The highest BCUT2D eigenvalue weighted by molar-refractivity contribution is 9.09. The van der Waals surface area contributed by atoms with Gasteiger partial charge in [-0.1, -0.05) is 41.9 Å². The van der Waals surface area contributed by atoms with Crippen LogP contribution >= 0.6 is 15.9 Å². The maximum atomic E-state index is 10.9. The third-order valence-corrected chi connectivity index (χ3v) is 4.12. The maximum Gasteiger partial charge on any atom is 0.272 e. The number of aryl methyl sites for hydroxylation is 1. The van der Waals surface area contributed by atoms with E-state index in [-0.39, 0.29) is 16.0 Å². The summed E-state index contributed by atoms with van der Waals surface area (Å²) in [7, 11) is 0. The number of hydrogen-bond acceptors (Lipinski definition) is 2. The first-order valence-electron chi connectivity index (χ1n) is 5.16. The molecule has 0 saturated heterocycles. The average Bonchev–Trinajstić information content (AvgIpc) is 2.20. The lowest BCUT2D eigenvalue weighted by atomic mass is 9.85. The average molecular weight is 286 g/mol. The van der Waals surface area contributed by atoms with Crippen molar-refractivity contribution < 1.29 is 4.92 Å². The zero-order valence-corrected chi connectivity index (χ0v) is 11.4. The van der Waals surface area contributed by atoms with Crippen LogP contribution in [0.3, 0.4) is 0 Å². The summed E-state index contributed by atoms with van der Waals surface area (Å²) in [6.07, 6.45) is 0.710.